The Morgan fingerprint density at radius 3 is 2.64 bits per heavy atom. The molecule has 2 rings (SSSR count). The number of methoxy groups -OCH3 is 1. The van der Waals surface area contributed by atoms with Crippen molar-refractivity contribution in [3.8, 4) is 0 Å². The summed E-state index contributed by atoms with van der Waals surface area (Å²) in [5.74, 6) is 0.492. The molecule has 0 heterocycles. The van der Waals surface area contributed by atoms with E-state index in [0.717, 1.165) is 24.9 Å². The van der Waals surface area contributed by atoms with E-state index in [4.69, 9.17) is 15.5 Å². The first-order valence-corrected chi connectivity index (χ1v) is 7.75. The van der Waals surface area contributed by atoms with Gasteiger partial charge >= 0.3 is 0 Å². The second-order valence-corrected chi connectivity index (χ2v) is 5.92. The van der Waals surface area contributed by atoms with Crippen LogP contribution in [0.4, 0.5) is 5.69 Å². The molecule has 0 aliphatic heterocycles. The third-order valence-electron chi connectivity index (χ3n) is 4.93. The first-order chi connectivity index (χ1) is 10.1. The highest BCUT2D eigenvalue weighted by Crippen LogP contribution is 2.50. The number of nitrogens with zero attached hydrogens (tertiary/aromatic N) is 1. The van der Waals surface area contributed by atoms with Gasteiger partial charge in [-0.2, -0.15) is 0 Å². The molecular weight excluding hydrogens is 389 g/mol. The van der Waals surface area contributed by atoms with Gasteiger partial charge in [-0.1, -0.05) is 26.0 Å². The summed E-state index contributed by atoms with van der Waals surface area (Å²) >= 11 is 0. The van der Waals surface area contributed by atoms with Crippen molar-refractivity contribution < 1.29 is 4.74 Å². The van der Waals surface area contributed by atoms with Gasteiger partial charge in [0.25, 0.3) is 0 Å². The molecule has 0 saturated heterocycles. The van der Waals surface area contributed by atoms with E-state index in [-0.39, 0.29) is 35.4 Å². The van der Waals surface area contributed by atoms with Crippen molar-refractivity contribution in [3.05, 3.63) is 29.8 Å². The van der Waals surface area contributed by atoms with Crippen LogP contribution in [0, 0.1) is 12.3 Å². The lowest BCUT2D eigenvalue weighted by atomic mass is 9.59. The molecule has 2 unspecified atom stereocenters. The average Bonchev–Trinajstić information content (AvgIpc) is 2.44. The van der Waals surface area contributed by atoms with Crippen LogP contribution >= 0.6 is 24.0 Å². The molecule has 4 nitrogen and oxygen atoms in total. The summed E-state index contributed by atoms with van der Waals surface area (Å²) in [4.78, 5) is 4.70. The quantitative estimate of drug-likeness (QED) is 0.434. The minimum absolute atomic E-state index is 0. The molecule has 1 aliphatic rings. The average molecular weight is 417 g/mol. The Balaban J connectivity index is 0.00000242. The summed E-state index contributed by atoms with van der Waals surface area (Å²) in [7, 11) is 1.79. The van der Waals surface area contributed by atoms with E-state index in [2.05, 4.69) is 38.2 Å². The molecule has 1 aliphatic carbocycles. The Hall–Kier alpha value is -0.820. The molecule has 1 fully saturated rings. The summed E-state index contributed by atoms with van der Waals surface area (Å²) < 4.78 is 5.60. The van der Waals surface area contributed by atoms with Crippen LogP contribution in [-0.2, 0) is 4.74 Å². The molecule has 2 atom stereocenters. The maximum absolute atomic E-state index is 6.08. The van der Waals surface area contributed by atoms with Crippen LogP contribution in [0.5, 0.6) is 0 Å². The first kappa shape index (κ1) is 19.2. The molecule has 1 aromatic carbocycles. The summed E-state index contributed by atoms with van der Waals surface area (Å²) in [6, 6.07) is 8.38. The van der Waals surface area contributed by atoms with Crippen LogP contribution in [0.2, 0.25) is 0 Å². The van der Waals surface area contributed by atoms with Gasteiger partial charge in [0.1, 0.15) is 0 Å². The zero-order valence-corrected chi connectivity index (χ0v) is 16.3. The zero-order chi connectivity index (χ0) is 15.5. The zero-order valence-electron chi connectivity index (χ0n) is 13.9. The Bertz CT molecular complexity index is 514. The molecule has 124 valence electrons. The molecule has 0 amide bonds. The van der Waals surface area contributed by atoms with E-state index in [9.17, 15) is 0 Å². The second-order valence-electron chi connectivity index (χ2n) is 5.92. The van der Waals surface area contributed by atoms with Gasteiger partial charge in [0.05, 0.1) is 12.1 Å². The minimum atomic E-state index is 0. The number of nitrogens with one attached hydrogen (secondary N) is 1. The van der Waals surface area contributed by atoms with Crippen LogP contribution < -0.4 is 11.1 Å². The lowest BCUT2D eigenvalue weighted by molar-refractivity contribution is -0.111. The van der Waals surface area contributed by atoms with Crippen molar-refractivity contribution in [1.29, 1.82) is 0 Å². The molecule has 0 bridgehead atoms. The Morgan fingerprint density at radius 1 is 1.41 bits per heavy atom. The van der Waals surface area contributed by atoms with Crippen LogP contribution in [0.15, 0.2) is 29.3 Å². The van der Waals surface area contributed by atoms with Crippen molar-refractivity contribution in [1.82, 2.24) is 0 Å². The highest BCUT2D eigenvalue weighted by Gasteiger charge is 2.53. The number of rotatable bonds is 5. The number of anilines is 1. The van der Waals surface area contributed by atoms with Gasteiger partial charge in [-0.3, -0.25) is 0 Å². The molecule has 3 N–H and O–H groups in total. The predicted molar refractivity (Wildman–Crippen MR) is 104 cm³/mol. The topological polar surface area (TPSA) is 59.6 Å². The van der Waals surface area contributed by atoms with Crippen LogP contribution in [0.3, 0.4) is 0 Å². The van der Waals surface area contributed by atoms with Crippen LogP contribution in [0.1, 0.15) is 38.7 Å². The number of ether oxygens (including phenoxy) is 1. The van der Waals surface area contributed by atoms with Crippen molar-refractivity contribution in [2.24, 2.45) is 16.1 Å². The summed E-state index contributed by atoms with van der Waals surface area (Å²) in [5, 5.41) is 3.19. The van der Waals surface area contributed by atoms with Gasteiger partial charge in [0.15, 0.2) is 5.96 Å². The third kappa shape index (κ3) is 3.74. The third-order valence-corrected chi connectivity index (χ3v) is 4.93. The van der Waals surface area contributed by atoms with E-state index in [1.54, 1.807) is 7.11 Å². The van der Waals surface area contributed by atoms with E-state index in [0.29, 0.717) is 12.1 Å². The molecule has 22 heavy (non-hydrogen) atoms. The maximum Gasteiger partial charge on any atom is 0.193 e. The molecule has 0 spiro atoms. The smallest absolute Gasteiger partial charge is 0.193 e. The molecule has 1 aromatic rings. The van der Waals surface area contributed by atoms with Gasteiger partial charge in [0, 0.05) is 18.2 Å². The summed E-state index contributed by atoms with van der Waals surface area (Å²) in [6.07, 6.45) is 3.38. The second kappa shape index (κ2) is 8.15. The van der Waals surface area contributed by atoms with Gasteiger partial charge < -0.3 is 15.8 Å². The van der Waals surface area contributed by atoms with Crippen molar-refractivity contribution in [2.75, 3.05) is 12.4 Å². The van der Waals surface area contributed by atoms with E-state index >= 15 is 0 Å². The fourth-order valence-electron chi connectivity index (χ4n) is 3.49. The largest absolute Gasteiger partial charge is 0.381 e. The lowest BCUT2D eigenvalue weighted by Crippen LogP contribution is -2.57. The SMILES string of the molecule is CCC1(CC)C(N=C(N)Nc2cccc(C)c2)CC1OC.I. The fourth-order valence-corrected chi connectivity index (χ4v) is 3.49. The number of guanidine groups is 1. The normalized spacial score (nSPS) is 23.4. The van der Waals surface area contributed by atoms with Crippen LogP contribution in [-0.4, -0.2) is 25.2 Å². The predicted octanol–water partition coefficient (Wildman–Crippen LogP) is 3.93. The van der Waals surface area contributed by atoms with E-state index < -0.39 is 0 Å². The van der Waals surface area contributed by atoms with Crippen LogP contribution in [0.25, 0.3) is 0 Å². The number of hydrogen-bond acceptors (Lipinski definition) is 2. The summed E-state index contributed by atoms with van der Waals surface area (Å²) in [5.41, 5.74) is 8.40. The minimum Gasteiger partial charge on any atom is -0.381 e. The number of aliphatic imine (C=N–C) groups is 1. The molecule has 5 heteroatoms. The Kier molecular flexibility index (Phi) is 7.12. The number of benzene rings is 1. The van der Waals surface area contributed by atoms with Gasteiger partial charge in [-0.05, 0) is 43.9 Å². The van der Waals surface area contributed by atoms with E-state index in [1.807, 2.05) is 12.1 Å². The Labute approximate surface area is 150 Å². The number of aryl methyl sites for hydroxylation is 1. The monoisotopic (exact) mass is 417 g/mol. The number of nitrogens with two attached hydrogens (primary N) is 1. The highest BCUT2D eigenvalue weighted by molar-refractivity contribution is 14.0. The van der Waals surface area contributed by atoms with Crippen molar-refractivity contribution in [2.45, 2.75) is 52.2 Å². The Morgan fingerprint density at radius 2 is 2.09 bits per heavy atom. The van der Waals surface area contributed by atoms with Gasteiger partial charge in [0.2, 0.25) is 0 Å². The number of halogens is 1. The standard InChI is InChI=1S/C17H27N3O.HI/c1-5-17(6-2)14(11-15(17)21-4)20-16(18)19-13-9-7-8-12(3)10-13;/h7-10,14-15H,5-6,11H2,1-4H3,(H3,18,19,20);1H. The van der Waals surface area contributed by atoms with Gasteiger partial charge in [-0.25, -0.2) is 4.99 Å². The van der Waals surface area contributed by atoms with Crippen molar-refractivity contribution in [3.63, 3.8) is 0 Å². The highest BCUT2D eigenvalue weighted by atomic mass is 127. The molecular formula is C17H28IN3O. The molecule has 0 radical (unpaired) electrons. The first-order valence-electron chi connectivity index (χ1n) is 7.75. The maximum atomic E-state index is 6.08. The van der Waals surface area contributed by atoms with Gasteiger partial charge in [-0.15, -0.1) is 24.0 Å². The number of hydrogen-bond donors (Lipinski definition) is 2. The molecule has 1 saturated carbocycles. The fraction of sp³-hybridized carbons (Fsp3) is 0.588. The lowest BCUT2D eigenvalue weighted by Gasteiger charge is -2.53. The van der Waals surface area contributed by atoms with Crippen molar-refractivity contribution >= 4 is 35.6 Å². The summed E-state index contributed by atoms with van der Waals surface area (Å²) in [6.45, 7) is 6.48. The molecule has 0 aromatic heterocycles. The van der Waals surface area contributed by atoms with E-state index in [1.165, 1.54) is 5.56 Å².